The molecule has 2 heterocycles. The number of nitrogens with zero attached hydrogens (tertiary/aromatic N) is 3. The average molecular weight is 405 g/mol. The maximum absolute atomic E-state index is 12.5. The Hall–Kier alpha value is -2.99. The number of rotatable bonds is 6. The molecule has 156 valence electrons. The average Bonchev–Trinajstić information content (AvgIpc) is 3.04. The molecule has 1 aromatic heterocycles. The van der Waals surface area contributed by atoms with Gasteiger partial charge in [0.2, 0.25) is 0 Å². The Morgan fingerprint density at radius 1 is 1.03 bits per heavy atom. The van der Waals surface area contributed by atoms with Gasteiger partial charge in [-0.2, -0.15) is 4.98 Å². The van der Waals surface area contributed by atoms with Crippen LogP contribution in [0.5, 0.6) is 0 Å². The van der Waals surface area contributed by atoms with Crippen LogP contribution in [0.25, 0.3) is 11.5 Å². The van der Waals surface area contributed by atoms with E-state index in [0.717, 1.165) is 17.7 Å². The number of aromatic nitrogens is 2. The van der Waals surface area contributed by atoms with Crippen molar-refractivity contribution in [1.82, 2.24) is 20.4 Å². The molecule has 0 radical (unpaired) electrons. The predicted molar refractivity (Wildman–Crippen MR) is 116 cm³/mol. The van der Waals surface area contributed by atoms with Crippen LogP contribution in [0.1, 0.15) is 53.0 Å². The third-order valence-electron chi connectivity index (χ3n) is 5.47. The van der Waals surface area contributed by atoms with Crippen LogP contribution in [0.4, 0.5) is 0 Å². The van der Waals surface area contributed by atoms with Gasteiger partial charge in [0.15, 0.2) is 5.82 Å². The van der Waals surface area contributed by atoms with Crippen LogP contribution >= 0.6 is 0 Å². The van der Waals surface area contributed by atoms with Gasteiger partial charge in [0.05, 0.1) is 0 Å². The Balaban J connectivity index is 1.33. The summed E-state index contributed by atoms with van der Waals surface area (Å²) < 4.78 is 5.16. The van der Waals surface area contributed by atoms with Crippen LogP contribution < -0.4 is 5.32 Å². The van der Waals surface area contributed by atoms with Gasteiger partial charge < -0.3 is 9.84 Å². The second-order valence-electron chi connectivity index (χ2n) is 7.92. The monoisotopic (exact) mass is 404 g/mol. The minimum absolute atomic E-state index is 0.0961. The highest BCUT2D eigenvalue weighted by atomic mass is 16.5. The first-order chi connectivity index (χ1) is 14.7. The molecule has 1 fully saturated rings. The molecule has 3 aromatic rings. The Kier molecular flexibility index (Phi) is 6.54. The quantitative estimate of drug-likeness (QED) is 0.661. The molecule has 1 aliphatic heterocycles. The number of amides is 1. The van der Waals surface area contributed by atoms with Gasteiger partial charge in [-0.1, -0.05) is 42.3 Å². The number of nitrogens with one attached hydrogen (secondary N) is 1. The Bertz CT molecular complexity index is 973. The van der Waals surface area contributed by atoms with E-state index >= 15 is 0 Å². The lowest BCUT2D eigenvalue weighted by Crippen LogP contribution is -2.24. The summed E-state index contributed by atoms with van der Waals surface area (Å²) in [4.78, 5) is 19.3. The van der Waals surface area contributed by atoms with Crippen molar-refractivity contribution in [2.24, 2.45) is 0 Å². The van der Waals surface area contributed by atoms with E-state index in [2.05, 4.69) is 44.6 Å². The van der Waals surface area contributed by atoms with Gasteiger partial charge in [0, 0.05) is 24.2 Å². The van der Waals surface area contributed by atoms with Crippen molar-refractivity contribution in [2.75, 3.05) is 13.1 Å². The number of hydrogen-bond donors (Lipinski definition) is 1. The zero-order valence-electron chi connectivity index (χ0n) is 17.4. The number of likely N-dealkylation sites (tertiary alicyclic amines) is 1. The first kappa shape index (κ1) is 20.3. The second kappa shape index (κ2) is 9.67. The summed E-state index contributed by atoms with van der Waals surface area (Å²) in [6, 6.07) is 15.7. The van der Waals surface area contributed by atoms with E-state index in [4.69, 9.17) is 4.52 Å². The van der Waals surface area contributed by atoms with Crippen LogP contribution in [0, 0.1) is 6.92 Å². The highest BCUT2D eigenvalue weighted by Crippen LogP contribution is 2.18. The van der Waals surface area contributed by atoms with Crippen molar-refractivity contribution >= 4 is 5.91 Å². The molecule has 1 N–H and O–H groups in total. The molecule has 0 bridgehead atoms. The number of carbonyl (C=O) groups excluding carboxylic acids is 1. The fourth-order valence-electron chi connectivity index (χ4n) is 3.85. The van der Waals surface area contributed by atoms with Gasteiger partial charge >= 0.3 is 0 Å². The first-order valence-electron chi connectivity index (χ1n) is 10.7. The molecule has 0 aliphatic carbocycles. The topological polar surface area (TPSA) is 71.3 Å². The van der Waals surface area contributed by atoms with Crippen molar-refractivity contribution in [3.05, 3.63) is 71.0 Å². The second-order valence-corrected chi connectivity index (χ2v) is 7.92. The normalized spacial score (nSPS) is 15.0. The minimum atomic E-state index is -0.0961. The van der Waals surface area contributed by atoms with E-state index in [1.807, 2.05) is 12.1 Å². The molecule has 0 spiro atoms. The zero-order valence-corrected chi connectivity index (χ0v) is 17.4. The van der Waals surface area contributed by atoms with Gasteiger partial charge in [-0.15, -0.1) is 0 Å². The molecule has 0 atom stereocenters. The summed E-state index contributed by atoms with van der Waals surface area (Å²) in [5.41, 5.74) is 3.83. The van der Waals surface area contributed by atoms with E-state index in [9.17, 15) is 4.79 Å². The molecular formula is C24H28N4O2. The lowest BCUT2D eigenvalue weighted by molar-refractivity contribution is 0.0951. The summed E-state index contributed by atoms with van der Waals surface area (Å²) in [7, 11) is 0. The van der Waals surface area contributed by atoms with Gasteiger partial charge in [-0.25, -0.2) is 0 Å². The van der Waals surface area contributed by atoms with Crippen molar-refractivity contribution in [3.63, 3.8) is 0 Å². The molecule has 6 nitrogen and oxygen atoms in total. The number of carbonyl (C=O) groups is 1. The van der Waals surface area contributed by atoms with Gasteiger partial charge in [0.25, 0.3) is 11.8 Å². The van der Waals surface area contributed by atoms with Gasteiger partial charge in [-0.05, 0) is 68.2 Å². The lowest BCUT2D eigenvalue weighted by atomic mass is 10.1. The third kappa shape index (κ3) is 5.33. The van der Waals surface area contributed by atoms with E-state index in [1.54, 1.807) is 19.1 Å². The summed E-state index contributed by atoms with van der Waals surface area (Å²) in [5, 5.41) is 6.81. The fraction of sp³-hybridized carbons (Fsp3) is 0.375. The summed E-state index contributed by atoms with van der Waals surface area (Å²) >= 11 is 0. The Morgan fingerprint density at radius 3 is 2.47 bits per heavy atom. The SMILES string of the molecule is Cc1noc(-c2ccc(C(=O)NCc3cccc(CN4CCCCCC4)c3)cc2)n1. The van der Waals surface area contributed by atoms with Gasteiger partial charge in [0.1, 0.15) is 0 Å². The maximum atomic E-state index is 12.5. The molecule has 0 unspecified atom stereocenters. The van der Waals surface area contributed by atoms with Crippen LogP contribution in [0.15, 0.2) is 53.1 Å². The highest BCUT2D eigenvalue weighted by molar-refractivity contribution is 5.94. The van der Waals surface area contributed by atoms with Crippen molar-refractivity contribution < 1.29 is 9.32 Å². The Morgan fingerprint density at radius 2 is 1.77 bits per heavy atom. The number of aryl methyl sites for hydroxylation is 1. The third-order valence-corrected chi connectivity index (χ3v) is 5.47. The molecular weight excluding hydrogens is 376 g/mol. The molecule has 4 rings (SSSR count). The molecule has 6 heteroatoms. The van der Waals surface area contributed by atoms with Crippen LogP contribution in [0.3, 0.4) is 0 Å². The molecule has 1 aliphatic rings. The molecule has 1 saturated heterocycles. The zero-order chi connectivity index (χ0) is 20.8. The molecule has 2 aromatic carbocycles. The smallest absolute Gasteiger partial charge is 0.257 e. The van der Waals surface area contributed by atoms with Crippen LogP contribution in [-0.2, 0) is 13.1 Å². The van der Waals surface area contributed by atoms with Crippen LogP contribution in [-0.4, -0.2) is 34.0 Å². The number of benzene rings is 2. The highest BCUT2D eigenvalue weighted by Gasteiger charge is 2.11. The van der Waals surface area contributed by atoms with Gasteiger partial charge in [-0.3, -0.25) is 9.69 Å². The van der Waals surface area contributed by atoms with E-state index in [1.165, 1.54) is 44.3 Å². The van der Waals surface area contributed by atoms with Crippen molar-refractivity contribution in [1.29, 1.82) is 0 Å². The van der Waals surface area contributed by atoms with Crippen molar-refractivity contribution in [2.45, 2.75) is 45.7 Å². The molecule has 30 heavy (non-hydrogen) atoms. The van der Waals surface area contributed by atoms with E-state index < -0.39 is 0 Å². The predicted octanol–water partition coefficient (Wildman–Crippen LogP) is 4.35. The summed E-state index contributed by atoms with van der Waals surface area (Å²) in [5.74, 6) is 0.951. The molecule has 1 amide bonds. The minimum Gasteiger partial charge on any atom is -0.348 e. The van der Waals surface area contributed by atoms with Crippen molar-refractivity contribution in [3.8, 4) is 11.5 Å². The van der Waals surface area contributed by atoms with E-state index in [0.29, 0.717) is 23.8 Å². The summed E-state index contributed by atoms with van der Waals surface area (Å²) in [6.07, 6.45) is 5.28. The Labute approximate surface area is 177 Å². The fourth-order valence-corrected chi connectivity index (χ4v) is 3.85. The van der Waals surface area contributed by atoms with E-state index in [-0.39, 0.29) is 5.91 Å². The standard InChI is InChI=1S/C24H28N4O2/c1-18-26-24(30-27-18)22-11-9-21(10-12-22)23(29)25-16-19-7-6-8-20(15-19)17-28-13-4-2-3-5-14-28/h6-12,15H,2-5,13-14,16-17H2,1H3,(H,25,29). The largest absolute Gasteiger partial charge is 0.348 e. The van der Waals surface area contributed by atoms with Crippen LogP contribution in [0.2, 0.25) is 0 Å². The summed E-state index contributed by atoms with van der Waals surface area (Å²) in [6.45, 7) is 5.63. The lowest BCUT2D eigenvalue weighted by Gasteiger charge is -2.20. The number of hydrogen-bond acceptors (Lipinski definition) is 5. The first-order valence-corrected chi connectivity index (χ1v) is 10.7. The maximum Gasteiger partial charge on any atom is 0.257 e. The molecule has 0 saturated carbocycles.